The van der Waals surface area contributed by atoms with Crippen LogP contribution in [0.15, 0.2) is 57.7 Å². The van der Waals surface area contributed by atoms with E-state index in [2.05, 4.69) is 5.32 Å². The maximum Gasteiger partial charge on any atom is 0.336 e. The van der Waals surface area contributed by atoms with Crippen LogP contribution in [0.5, 0.6) is 5.75 Å². The van der Waals surface area contributed by atoms with E-state index in [1.165, 1.54) is 13.0 Å². The summed E-state index contributed by atoms with van der Waals surface area (Å²) >= 11 is 0. The number of ketones is 1. The van der Waals surface area contributed by atoms with Crippen molar-refractivity contribution in [3.8, 4) is 5.75 Å². The van der Waals surface area contributed by atoms with Crippen LogP contribution in [0.4, 0.5) is 5.69 Å². The van der Waals surface area contributed by atoms with E-state index < -0.39 is 11.7 Å². The van der Waals surface area contributed by atoms with Gasteiger partial charge in [-0.3, -0.25) is 9.59 Å². The zero-order valence-electron chi connectivity index (χ0n) is 16.7. The zero-order chi connectivity index (χ0) is 21.0. The second kappa shape index (κ2) is 8.73. The Bertz CT molecular complexity index is 1100. The number of nitrogens with one attached hydrogen (secondary N) is 1. The summed E-state index contributed by atoms with van der Waals surface area (Å²) in [4.78, 5) is 35.5. The Morgan fingerprint density at radius 3 is 2.48 bits per heavy atom. The molecule has 6 nitrogen and oxygen atoms in total. The van der Waals surface area contributed by atoms with Gasteiger partial charge < -0.3 is 14.5 Å². The number of ether oxygens (including phenoxy) is 1. The van der Waals surface area contributed by atoms with Crippen LogP contribution in [0, 0.1) is 0 Å². The highest BCUT2D eigenvalue weighted by Gasteiger charge is 2.16. The van der Waals surface area contributed by atoms with Crippen LogP contribution in [0.25, 0.3) is 11.0 Å². The molecule has 0 bridgehead atoms. The molecule has 0 aliphatic carbocycles. The molecule has 1 aromatic heterocycles. The summed E-state index contributed by atoms with van der Waals surface area (Å²) in [5.41, 5.74) is 2.12. The van der Waals surface area contributed by atoms with Crippen LogP contribution >= 0.6 is 0 Å². The third-order valence-electron chi connectivity index (χ3n) is 4.56. The molecule has 29 heavy (non-hydrogen) atoms. The van der Waals surface area contributed by atoms with Crippen molar-refractivity contribution in [1.29, 1.82) is 0 Å². The highest BCUT2D eigenvalue weighted by molar-refractivity contribution is 5.96. The van der Waals surface area contributed by atoms with E-state index in [0.717, 1.165) is 23.8 Å². The van der Waals surface area contributed by atoms with Crippen molar-refractivity contribution in [2.24, 2.45) is 0 Å². The summed E-state index contributed by atoms with van der Waals surface area (Å²) in [6, 6.07) is 13.4. The monoisotopic (exact) mass is 393 g/mol. The molecule has 0 saturated carbocycles. The average molecular weight is 393 g/mol. The van der Waals surface area contributed by atoms with Crippen molar-refractivity contribution in [3.63, 3.8) is 0 Å². The minimum absolute atomic E-state index is 0.0374. The number of carbonyl (C=O) groups excluding carboxylic acids is 2. The molecule has 1 N–H and O–H groups in total. The fourth-order valence-corrected chi connectivity index (χ4v) is 3.05. The van der Waals surface area contributed by atoms with Crippen LogP contribution in [0.1, 0.15) is 43.1 Å². The third kappa shape index (κ3) is 4.90. The molecule has 1 amide bonds. The molecule has 3 aromatic rings. The zero-order valence-corrected chi connectivity index (χ0v) is 16.7. The molecule has 0 aliphatic rings. The van der Waals surface area contributed by atoms with E-state index in [4.69, 9.17) is 9.15 Å². The second-order valence-electron chi connectivity index (χ2n) is 6.88. The number of amides is 1. The molecule has 1 heterocycles. The molecule has 1 atom stereocenters. The lowest BCUT2D eigenvalue weighted by Gasteiger charge is -2.15. The minimum Gasteiger partial charge on any atom is -0.481 e. The summed E-state index contributed by atoms with van der Waals surface area (Å²) in [5.74, 6) is 0.0651. The Balaban J connectivity index is 1.73. The number of hydrogen-bond acceptors (Lipinski definition) is 5. The smallest absolute Gasteiger partial charge is 0.336 e. The third-order valence-corrected chi connectivity index (χ3v) is 4.56. The van der Waals surface area contributed by atoms with Crippen LogP contribution < -0.4 is 15.7 Å². The normalized spacial score (nSPS) is 11.8. The van der Waals surface area contributed by atoms with Crippen molar-refractivity contribution in [1.82, 2.24) is 0 Å². The number of carbonyl (C=O) groups is 2. The van der Waals surface area contributed by atoms with Crippen molar-refractivity contribution in [2.75, 3.05) is 5.32 Å². The predicted molar refractivity (Wildman–Crippen MR) is 112 cm³/mol. The molecular weight excluding hydrogens is 370 g/mol. The number of hydrogen-bond donors (Lipinski definition) is 1. The van der Waals surface area contributed by atoms with Gasteiger partial charge in [0.2, 0.25) is 0 Å². The molecule has 0 aliphatic heterocycles. The first-order valence-corrected chi connectivity index (χ1v) is 9.52. The summed E-state index contributed by atoms with van der Waals surface area (Å²) in [5, 5.41) is 3.61. The lowest BCUT2D eigenvalue weighted by Crippen LogP contribution is -2.30. The van der Waals surface area contributed by atoms with Gasteiger partial charge in [0.15, 0.2) is 11.9 Å². The minimum atomic E-state index is -0.773. The van der Waals surface area contributed by atoms with Crippen molar-refractivity contribution in [2.45, 2.75) is 39.7 Å². The summed E-state index contributed by atoms with van der Waals surface area (Å²) in [6.07, 6.45) is 0.927. The van der Waals surface area contributed by atoms with Crippen LogP contribution in [-0.4, -0.2) is 17.8 Å². The van der Waals surface area contributed by atoms with Crippen LogP contribution in [0.3, 0.4) is 0 Å². The van der Waals surface area contributed by atoms with Gasteiger partial charge in [-0.15, -0.1) is 0 Å². The van der Waals surface area contributed by atoms with Crippen LogP contribution in [0.2, 0.25) is 0 Å². The standard InChI is InChI=1S/C23H23NO5/c1-4-5-17-12-22(26)29-21-13-19(10-11-20(17)21)28-15(3)23(27)24-18-8-6-16(7-9-18)14(2)25/h6-13,15H,4-5H2,1-3H3,(H,24,27). The molecule has 0 saturated heterocycles. The molecule has 150 valence electrons. The molecule has 0 fully saturated rings. The van der Waals surface area contributed by atoms with Gasteiger partial charge in [0.1, 0.15) is 11.3 Å². The Labute approximate surface area is 168 Å². The van der Waals surface area contributed by atoms with Gasteiger partial charge >= 0.3 is 5.63 Å². The van der Waals surface area contributed by atoms with E-state index in [-0.39, 0.29) is 11.7 Å². The first kappa shape index (κ1) is 20.3. The predicted octanol–water partition coefficient (Wildman–Crippen LogP) is 4.35. The first-order valence-electron chi connectivity index (χ1n) is 9.52. The number of anilines is 1. The Kier molecular flexibility index (Phi) is 6.12. The van der Waals surface area contributed by atoms with Crippen molar-refractivity contribution in [3.05, 3.63) is 70.1 Å². The van der Waals surface area contributed by atoms with Gasteiger partial charge in [0.25, 0.3) is 5.91 Å². The summed E-state index contributed by atoms with van der Waals surface area (Å²) < 4.78 is 11.0. The van der Waals surface area contributed by atoms with Crippen molar-refractivity contribution < 1.29 is 18.7 Å². The molecule has 6 heteroatoms. The van der Waals surface area contributed by atoms with E-state index in [9.17, 15) is 14.4 Å². The highest BCUT2D eigenvalue weighted by Crippen LogP contribution is 2.24. The number of benzene rings is 2. The fourth-order valence-electron chi connectivity index (χ4n) is 3.05. The lowest BCUT2D eigenvalue weighted by atomic mass is 10.1. The average Bonchev–Trinajstić information content (AvgIpc) is 2.68. The van der Waals surface area contributed by atoms with Gasteiger partial charge in [0, 0.05) is 28.8 Å². The van der Waals surface area contributed by atoms with E-state index >= 15 is 0 Å². The summed E-state index contributed by atoms with van der Waals surface area (Å²) in [6.45, 7) is 5.17. The number of aryl methyl sites for hydroxylation is 1. The van der Waals surface area contributed by atoms with Gasteiger partial charge in [-0.05, 0) is 62.2 Å². The molecule has 0 spiro atoms. The molecular formula is C23H23NO5. The Hall–Kier alpha value is -3.41. The van der Waals surface area contributed by atoms with E-state index in [1.807, 2.05) is 13.0 Å². The molecule has 3 rings (SSSR count). The number of rotatable bonds is 7. The topological polar surface area (TPSA) is 85.6 Å². The van der Waals surface area contributed by atoms with E-state index in [1.54, 1.807) is 43.3 Å². The SMILES string of the molecule is CCCc1cc(=O)oc2cc(OC(C)C(=O)Nc3ccc(C(C)=O)cc3)ccc12. The molecule has 1 unspecified atom stereocenters. The molecule has 2 aromatic carbocycles. The fraction of sp³-hybridized carbons (Fsp3) is 0.261. The number of fused-ring (bicyclic) bond motifs is 1. The summed E-state index contributed by atoms with van der Waals surface area (Å²) in [7, 11) is 0. The van der Waals surface area contributed by atoms with Crippen LogP contribution in [-0.2, 0) is 11.2 Å². The van der Waals surface area contributed by atoms with Gasteiger partial charge in [0.05, 0.1) is 0 Å². The first-order chi connectivity index (χ1) is 13.9. The lowest BCUT2D eigenvalue weighted by molar-refractivity contribution is -0.122. The maximum absolute atomic E-state index is 12.4. The maximum atomic E-state index is 12.4. The number of Topliss-reactive ketones (excluding diaryl/α,β-unsaturated/α-hetero) is 1. The molecule has 0 radical (unpaired) electrons. The van der Waals surface area contributed by atoms with Gasteiger partial charge in [-0.2, -0.15) is 0 Å². The van der Waals surface area contributed by atoms with Crippen molar-refractivity contribution >= 4 is 28.3 Å². The largest absolute Gasteiger partial charge is 0.481 e. The Morgan fingerprint density at radius 2 is 1.83 bits per heavy atom. The quantitative estimate of drug-likeness (QED) is 0.476. The van der Waals surface area contributed by atoms with Gasteiger partial charge in [-0.1, -0.05) is 13.3 Å². The Morgan fingerprint density at radius 1 is 1.10 bits per heavy atom. The highest BCUT2D eigenvalue weighted by atomic mass is 16.5. The van der Waals surface area contributed by atoms with Gasteiger partial charge in [-0.25, -0.2) is 4.79 Å². The second-order valence-corrected chi connectivity index (χ2v) is 6.88. The van der Waals surface area contributed by atoms with E-state index in [0.29, 0.717) is 22.6 Å².